The molecule has 2 nitrogen and oxygen atoms in total. The van der Waals surface area contributed by atoms with Gasteiger partial charge in [-0.25, -0.2) is 0 Å². The summed E-state index contributed by atoms with van der Waals surface area (Å²) in [6.45, 7) is 0. The van der Waals surface area contributed by atoms with Crippen molar-refractivity contribution in [2.24, 2.45) is 11.8 Å². The van der Waals surface area contributed by atoms with Gasteiger partial charge < -0.3 is 0 Å². The van der Waals surface area contributed by atoms with Crippen molar-refractivity contribution < 1.29 is 0 Å². The summed E-state index contributed by atoms with van der Waals surface area (Å²) in [6, 6.07) is 1.51. The molecule has 3 fully saturated rings. The number of nitrogens with one attached hydrogen (secondary N) is 2. The molecule has 0 radical (unpaired) electrons. The second-order valence-corrected chi connectivity index (χ2v) is 5.66. The molecule has 1 saturated heterocycles. The Morgan fingerprint density at radius 2 is 1.43 bits per heavy atom. The molecule has 2 saturated carbocycles. The van der Waals surface area contributed by atoms with E-state index in [0.717, 1.165) is 23.9 Å². The molecule has 0 amide bonds. The predicted octanol–water partition coefficient (Wildman–Crippen LogP) is 1.73. The van der Waals surface area contributed by atoms with Crippen LogP contribution in [0.4, 0.5) is 0 Å². The van der Waals surface area contributed by atoms with Crippen molar-refractivity contribution in [2.75, 3.05) is 0 Å². The molecule has 0 aromatic carbocycles. The number of hydrogen-bond acceptors (Lipinski definition) is 3. The van der Waals surface area contributed by atoms with Gasteiger partial charge in [-0.1, -0.05) is 25.7 Å². The van der Waals surface area contributed by atoms with Gasteiger partial charge in [-0.2, -0.15) is 0 Å². The molecule has 3 aliphatic rings. The predicted molar refractivity (Wildman–Crippen MR) is 61.3 cm³/mol. The Morgan fingerprint density at radius 1 is 0.857 bits per heavy atom. The zero-order valence-corrected chi connectivity index (χ0v) is 9.47. The van der Waals surface area contributed by atoms with Crippen LogP contribution < -0.4 is 10.6 Å². The molecule has 3 rings (SSSR count). The van der Waals surface area contributed by atoms with Crippen molar-refractivity contribution in [3.05, 3.63) is 0 Å². The van der Waals surface area contributed by atoms with Crippen LogP contribution in [0.2, 0.25) is 0 Å². The summed E-state index contributed by atoms with van der Waals surface area (Å²) >= 11 is 4.52. The van der Waals surface area contributed by atoms with Gasteiger partial charge in [-0.3, -0.25) is 10.6 Å². The molecule has 2 N–H and O–H groups in total. The SMILES string of the molecule is SC1NC2CCCC3CCCC(N1)C32. The van der Waals surface area contributed by atoms with Crippen LogP contribution in [-0.4, -0.2) is 17.6 Å². The van der Waals surface area contributed by atoms with Gasteiger partial charge in [0.15, 0.2) is 0 Å². The third kappa shape index (κ3) is 1.50. The van der Waals surface area contributed by atoms with Gasteiger partial charge in [0.25, 0.3) is 0 Å². The fourth-order valence-electron chi connectivity index (χ4n) is 3.89. The Balaban J connectivity index is 1.82. The van der Waals surface area contributed by atoms with Crippen molar-refractivity contribution in [3.8, 4) is 0 Å². The van der Waals surface area contributed by atoms with Crippen LogP contribution in [0.25, 0.3) is 0 Å². The molecule has 1 heterocycles. The van der Waals surface area contributed by atoms with E-state index in [-0.39, 0.29) is 5.50 Å². The highest BCUT2D eigenvalue weighted by molar-refractivity contribution is 7.80. The highest BCUT2D eigenvalue weighted by Gasteiger charge is 2.44. The minimum absolute atomic E-state index is 0.234. The summed E-state index contributed by atoms with van der Waals surface area (Å²) in [7, 11) is 0. The van der Waals surface area contributed by atoms with Gasteiger partial charge in [-0.05, 0) is 24.7 Å². The molecule has 2 aliphatic carbocycles. The zero-order chi connectivity index (χ0) is 9.54. The molecule has 3 heteroatoms. The molecule has 0 aromatic rings. The highest BCUT2D eigenvalue weighted by atomic mass is 32.1. The number of rotatable bonds is 0. The fourth-order valence-corrected chi connectivity index (χ4v) is 4.28. The lowest BCUT2D eigenvalue weighted by Gasteiger charge is -2.51. The maximum atomic E-state index is 4.52. The Bertz CT molecular complexity index is 201. The lowest BCUT2D eigenvalue weighted by molar-refractivity contribution is 0.0540. The first-order valence-corrected chi connectivity index (χ1v) is 6.56. The minimum Gasteiger partial charge on any atom is -0.290 e. The van der Waals surface area contributed by atoms with Crippen LogP contribution in [-0.2, 0) is 0 Å². The standard InChI is InChI=1S/C11H20N2S/c14-11-12-8-5-1-3-7-4-2-6-9(13-11)10(7)8/h7-14H,1-6H2. The normalized spacial score (nSPS) is 52.5. The first-order valence-electron chi connectivity index (χ1n) is 6.05. The molecule has 2 unspecified atom stereocenters. The van der Waals surface area contributed by atoms with E-state index < -0.39 is 0 Å². The van der Waals surface area contributed by atoms with Gasteiger partial charge >= 0.3 is 0 Å². The summed E-state index contributed by atoms with van der Waals surface area (Å²) in [6.07, 6.45) is 8.53. The summed E-state index contributed by atoms with van der Waals surface area (Å²) < 4.78 is 0. The van der Waals surface area contributed by atoms with Crippen LogP contribution in [0.15, 0.2) is 0 Å². The lowest BCUT2D eigenvalue weighted by atomic mass is 9.65. The molecule has 80 valence electrons. The maximum Gasteiger partial charge on any atom is 0.103 e. The first-order chi connectivity index (χ1) is 6.84. The van der Waals surface area contributed by atoms with E-state index in [2.05, 4.69) is 23.3 Å². The Labute approximate surface area is 91.6 Å². The lowest BCUT2D eigenvalue weighted by Crippen LogP contribution is -2.65. The second-order valence-electron chi connectivity index (χ2n) is 5.15. The van der Waals surface area contributed by atoms with Crippen molar-refractivity contribution in [3.63, 3.8) is 0 Å². The molecule has 0 aromatic heterocycles. The maximum absolute atomic E-state index is 4.52. The summed E-state index contributed by atoms with van der Waals surface area (Å²) in [5.74, 6) is 1.90. The van der Waals surface area contributed by atoms with E-state index in [1.165, 1.54) is 38.5 Å². The molecule has 14 heavy (non-hydrogen) atoms. The highest BCUT2D eigenvalue weighted by Crippen LogP contribution is 2.42. The van der Waals surface area contributed by atoms with Crippen molar-refractivity contribution in [1.82, 2.24) is 10.6 Å². The number of thiol groups is 1. The van der Waals surface area contributed by atoms with E-state index in [9.17, 15) is 0 Å². The van der Waals surface area contributed by atoms with E-state index in [1.807, 2.05) is 0 Å². The fraction of sp³-hybridized carbons (Fsp3) is 1.00. The van der Waals surface area contributed by atoms with Gasteiger partial charge in [0, 0.05) is 12.1 Å². The van der Waals surface area contributed by atoms with E-state index >= 15 is 0 Å². The van der Waals surface area contributed by atoms with E-state index in [4.69, 9.17) is 0 Å². The van der Waals surface area contributed by atoms with Gasteiger partial charge in [0.2, 0.25) is 0 Å². The second kappa shape index (κ2) is 3.69. The molecule has 0 spiro atoms. The van der Waals surface area contributed by atoms with Gasteiger partial charge in [0.1, 0.15) is 5.50 Å². The van der Waals surface area contributed by atoms with Crippen LogP contribution in [0.1, 0.15) is 38.5 Å². The third-order valence-electron chi connectivity index (χ3n) is 4.40. The molecular formula is C11H20N2S. The molecular weight excluding hydrogens is 192 g/mol. The van der Waals surface area contributed by atoms with Crippen LogP contribution in [0.3, 0.4) is 0 Å². The molecule has 0 bridgehead atoms. The van der Waals surface area contributed by atoms with Gasteiger partial charge in [0.05, 0.1) is 0 Å². The quantitative estimate of drug-likeness (QED) is 0.533. The van der Waals surface area contributed by atoms with Crippen molar-refractivity contribution >= 4 is 12.6 Å². The van der Waals surface area contributed by atoms with Crippen LogP contribution >= 0.6 is 12.6 Å². The Kier molecular flexibility index (Phi) is 2.50. The van der Waals surface area contributed by atoms with Crippen LogP contribution in [0, 0.1) is 11.8 Å². The van der Waals surface area contributed by atoms with Gasteiger partial charge in [-0.15, -0.1) is 12.6 Å². The average molecular weight is 212 g/mol. The monoisotopic (exact) mass is 212 g/mol. The van der Waals surface area contributed by atoms with Crippen molar-refractivity contribution in [1.29, 1.82) is 0 Å². The molecule has 2 atom stereocenters. The Morgan fingerprint density at radius 3 is 2.00 bits per heavy atom. The number of hydrogen-bond donors (Lipinski definition) is 3. The first kappa shape index (κ1) is 9.49. The summed E-state index contributed by atoms with van der Waals surface area (Å²) in [5, 5.41) is 7.20. The third-order valence-corrected chi connectivity index (χ3v) is 4.70. The molecule has 1 aliphatic heterocycles. The smallest absolute Gasteiger partial charge is 0.103 e. The summed E-state index contributed by atoms with van der Waals surface area (Å²) in [4.78, 5) is 0. The largest absolute Gasteiger partial charge is 0.290 e. The summed E-state index contributed by atoms with van der Waals surface area (Å²) in [5.41, 5.74) is 0.234. The van der Waals surface area contributed by atoms with Crippen molar-refractivity contribution in [2.45, 2.75) is 56.1 Å². The minimum atomic E-state index is 0.234. The van der Waals surface area contributed by atoms with E-state index in [1.54, 1.807) is 0 Å². The topological polar surface area (TPSA) is 24.1 Å². The van der Waals surface area contributed by atoms with Crippen LogP contribution in [0.5, 0.6) is 0 Å². The van der Waals surface area contributed by atoms with E-state index in [0.29, 0.717) is 0 Å². The Hall–Kier alpha value is 0.270. The average Bonchev–Trinajstić information content (AvgIpc) is 2.18. The zero-order valence-electron chi connectivity index (χ0n) is 8.58.